The minimum Gasteiger partial charge on any atom is -0.307 e. The van der Waals surface area contributed by atoms with Gasteiger partial charge in [0.2, 0.25) is 10.0 Å². The first kappa shape index (κ1) is 18.9. The van der Waals surface area contributed by atoms with Crippen molar-refractivity contribution in [3.05, 3.63) is 41.0 Å². The Kier molecular flexibility index (Phi) is 5.36. The monoisotopic (exact) mass is 396 g/mol. The van der Waals surface area contributed by atoms with Gasteiger partial charge in [0.25, 0.3) is 5.91 Å². The van der Waals surface area contributed by atoms with Gasteiger partial charge >= 0.3 is 0 Å². The molecule has 140 valence electrons. The highest BCUT2D eigenvalue weighted by molar-refractivity contribution is 7.89. The van der Waals surface area contributed by atoms with Gasteiger partial charge in [-0.1, -0.05) is 11.6 Å². The standard InChI is InChI=1S/C17H21ClN4O3S/c1-12(2)22-16(7-8-19-22)20-17(23)14-11-13(5-6-15(14)18)26(24,25)21-9-3-4-10-21/h5-8,11-12H,3-4,9-10H2,1-2H3,(H,20,23). The zero-order valence-corrected chi connectivity index (χ0v) is 16.2. The van der Waals surface area contributed by atoms with Crippen molar-refractivity contribution < 1.29 is 13.2 Å². The lowest BCUT2D eigenvalue weighted by atomic mass is 10.2. The minimum absolute atomic E-state index is 0.0673. The van der Waals surface area contributed by atoms with Gasteiger partial charge < -0.3 is 5.32 Å². The first-order chi connectivity index (χ1) is 12.3. The molecule has 1 aliphatic rings. The summed E-state index contributed by atoms with van der Waals surface area (Å²) < 4.78 is 28.5. The van der Waals surface area contributed by atoms with E-state index in [4.69, 9.17) is 11.6 Å². The lowest BCUT2D eigenvalue weighted by Gasteiger charge is -2.17. The van der Waals surface area contributed by atoms with Gasteiger partial charge in [-0.15, -0.1) is 0 Å². The molecule has 0 unspecified atom stereocenters. The fourth-order valence-corrected chi connectivity index (χ4v) is 4.67. The fourth-order valence-electron chi connectivity index (χ4n) is 2.92. The van der Waals surface area contributed by atoms with E-state index < -0.39 is 15.9 Å². The van der Waals surface area contributed by atoms with E-state index in [1.165, 1.54) is 22.5 Å². The maximum absolute atomic E-state index is 12.7. The molecule has 0 aliphatic carbocycles. The summed E-state index contributed by atoms with van der Waals surface area (Å²) in [6.07, 6.45) is 3.28. The Hall–Kier alpha value is -1.90. The number of rotatable bonds is 5. The molecule has 1 fully saturated rings. The maximum atomic E-state index is 12.7. The van der Waals surface area contributed by atoms with E-state index >= 15 is 0 Å². The van der Waals surface area contributed by atoms with Gasteiger partial charge in [-0.2, -0.15) is 9.40 Å². The number of anilines is 1. The maximum Gasteiger partial charge on any atom is 0.258 e. The number of carbonyl (C=O) groups is 1. The summed E-state index contributed by atoms with van der Waals surface area (Å²) in [5.41, 5.74) is 0.114. The zero-order valence-electron chi connectivity index (χ0n) is 14.6. The molecule has 1 aromatic heterocycles. The van der Waals surface area contributed by atoms with Crippen LogP contribution in [0.5, 0.6) is 0 Å². The number of nitrogens with zero attached hydrogens (tertiary/aromatic N) is 3. The third kappa shape index (κ3) is 3.62. The second-order valence-corrected chi connectivity index (χ2v) is 8.81. The SMILES string of the molecule is CC(C)n1nccc1NC(=O)c1cc(S(=O)(=O)N2CCCC2)ccc1Cl. The minimum atomic E-state index is -3.62. The average molecular weight is 397 g/mol. The number of benzene rings is 1. The summed E-state index contributed by atoms with van der Waals surface area (Å²) in [5.74, 6) is 0.0461. The zero-order chi connectivity index (χ0) is 18.9. The first-order valence-electron chi connectivity index (χ1n) is 8.45. The van der Waals surface area contributed by atoms with Crippen molar-refractivity contribution in [2.75, 3.05) is 18.4 Å². The third-order valence-electron chi connectivity index (χ3n) is 4.29. The highest BCUT2D eigenvalue weighted by Crippen LogP contribution is 2.26. The number of amides is 1. The molecule has 1 aliphatic heterocycles. The summed E-state index contributed by atoms with van der Waals surface area (Å²) in [7, 11) is -3.62. The molecule has 1 aromatic carbocycles. The van der Waals surface area contributed by atoms with Crippen LogP contribution in [0.3, 0.4) is 0 Å². The van der Waals surface area contributed by atoms with Gasteiger partial charge in [0.05, 0.1) is 21.7 Å². The van der Waals surface area contributed by atoms with Gasteiger partial charge in [-0.05, 0) is 44.9 Å². The molecule has 0 spiro atoms. The summed E-state index contributed by atoms with van der Waals surface area (Å²) in [4.78, 5) is 12.7. The Morgan fingerprint density at radius 1 is 1.23 bits per heavy atom. The van der Waals surface area contributed by atoms with Crippen molar-refractivity contribution in [2.24, 2.45) is 0 Å². The summed E-state index contributed by atoms with van der Waals surface area (Å²) in [6, 6.07) is 5.96. The smallest absolute Gasteiger partial charge is 0.258 e. The Bertz CT molecular complexity index is 918. The highest BCUT2D eigenvalue weighted by Gasteiger charge is 2.28. The van der Waals surface area contributed by atoms with E-state index in [1.807, 2.05) is 13.8 Å². The molecule has 0 saturated carbocycles. The van der Waals surface area contributed by atoms with Crippen molar-refractivity contribution in [3.63, 3.8) is 0 Å². The lowest BCUT2D eigenvalue weighted by molar-refractivity contribution is 0.102. The Labute approximate surface area is 158 Å². The van der Waals surface area contributed by atoms with Crippen molar-refractivity contribution in [2.45, 2.75) is 37.6 Å². The molecule has 0 radical (unpaired) electrons. The molecule has 1 amide bonds. The van der Waals surface area contributed by atoms with Crippen LogP contribution in [0.1, 0.15) is 43.1 Å². The van der Waals surface area contributed by atoms with Gasteiger partial charge in [-0.25, -0.2) is 13.1 Å². The number of hydrogen-bond donors (Lipinski definition) is 1. The summed E-state index contributed by atoms with van der Waals surface area (Å²) in [5, 5.41) is 7.10. The van der Waals surface area contributed by atoms with Crippen LogP contribution in [0.25, 0.3) is 0 Å². The molecule has 9 heteroatoms. The number of nitrogens with one attached hydrogen (secondary N) is 1. The van der Waals surface area contributed by atoms with Crippen LogP contribution in [0.15, 0.2) is 35.4 Å². The first-order valence-corrected chi connectivity index (χ1v) is 10.3. The number of hydrogen-bond acceptors (Lipinski definition) is 4. The topological polar surface area (TPSA) is 84.3 Å². The van der Waals surface area contributed by atoms with Crippen molar-refractivity contribution in [1.29, 1.82) is 0 Å². The molecule has 3 rings (SSSR count). The fraction of sp³-hybridized carbons (Fsp3) is 0.412. The Balaban J connectivity index is 1.90. The number of aromatic nitrogens is 2. The average Bonchev–Trinajstić information content (AvgIpc) is 3.26. The Morgan fingerprint density at radius 3 is 2.58 bits per heavy atom. The van der Waals surface area contributed by atoms with Gasteiger partial charge in [0.1, 0.15) is 5.82 Å². The van der Waals surface area contributed by atoms with Gasteiger partial charge in [0.15, 0.2) is 0 Å². The Morgan fingerprint density at radius 2 is 1.92 bits per heavy atom. The molecule has 0 bridgehead atoms. The summed E-state index contributed by atoms with van der Waals surface area (Å²) in [6.45, 7) is 4.89. The van der Waals surface area contributed by atoms with Crippen LogP contribution in [-0.2, 0) is 10.0 Å². The predicted octanol–water partition coefficient (Wildman–Crippen LogP) is 3.15. The number of carbonyl (C=O) groups excluding carboxylic acids is 1. The second-order valence-electron chi connectivity index (χ2n) is 6.46. The highest BCUT2D eigenvalue weighted by atomic mass is 35.5. The van der Waals surface area contributed by atoms with Crippen LogP contribution in [0.2, 0.25) is 5.02 Å². The van der Waals surface area contributed by atoms with Crippen LogP contribution < -0.4 is 5.32 Å². The largest absolute Gasteiger partial charge is 0.307 e. The van der Waals surface area contributed by atoms with Crippen LogP contribution >= 0.6 is 11.6 Å². The molecule has 2 aromatic rings. The van der Waals surface area contributed by atoms with Crippen LogP contribution in [0.4, 0.5) is 5.82 Å². The normalized spacial score (nSPS) is 15.5. The molecule has 26 heavy (non-hydrogen) atoms. The van der Waals surface area contributed by atoms with E-state index in [2.05, 4.69) is 10.4 Å². The van der Waals surface area contributed by atoms with E-state index in [0.717, 1.165) is 12.8 Å². The third-order valence-corrected chi connectivity index (χ3v) is 6.51. The van der Waals surface area contributed by atoms with E-state index in [0.29, 0.717) is 18.9 Å². The lowest BCUT2D eigenvalue weighted by Crippen LogP contribution is -2.28. The molecular weight excluding hydrogens is 376 g/mol. The molecule has 1 saturated heterocycles. The molecular formula is C17H21ClN4O3S. The van der Waals surface area contributed by atoms with Crippen LogP contribution in [0, 0.1) is 0 Å². The predicted molar refractivity (Wildman–Crippen MR) is 100 cm³/mol. The van der Waals surface area contributed by atoms with E-state index in [-0.39, 0.29) is 21.5 Å². The van der Waals surface area contributed by atoms with Crippen molar-refractivity contribution in [3.8, 4) is 0 Å². The number of halogens is 1. The summed E-state index contributed by atoms with van der Waals surface area (Å²) >= 11 is 6.15. The van der Waals surface area contributed by atoms with Crippen molar-refractivity contribution in [1.82, 2.24) is 14.1 Å². The quantitative estimate of drug-likeness (QED) is 0.841. The number of sulfonamides is 1. The molecule has 1 N–H and O–H groups in total. The van der Waals surface area contributed by atoms with Gasteiger partial charge in [-0.3, -0.25) is 4.79 Å². The van der Waals surface area contributed by atoms with Crippen molar-refractivity contribution >= 4 is 33.3 Å². The van der Waals surface area contributed by atoms with Crippen LogP contribution in [-0.4, -0.2) is 41.5 Å². The molecule has 2 heterocycles. The second kappa shape index (κ2) is 7.38. The van der Waals surface area contributed by atoms with E-state index in [1.54, 1.807) is 16.9 Å². The molecule has 7 nitrogen and oxygen atoms in total. The van der Waals surface area contributed by atoms with E-state index in [9.17, 15) is 13.2 Å². The molecule has 0 atom stereocenters. The van der Waals surface area contributed by atoms with Gasteiger partial charge in [0, 0.05) is 25.2 Å².